The van der Waals surface area contributed by atoms with Crippen LogP contribution in [0.3, 0.4) is 0 Å². The number of hydrogen-bond acceptors (Lipinski definition) is 2. The van der Waals surface area contributed by atoms with Crippen molar-refractivity contribution in [2.24, 2.45) is 11.7 Å². The van der Waals surface area contributed by atoms with Crippen LogP contribution in [0.1, 0.15) is 25.8 Å². The Balaban J connectivity index is 2.51. The van der Waals surface area contributed by atoms with Gasteiger partial charge in [-0.05, 0) is 17.5 Å². The minimum Gasteiger partial charge on any atom is -0.351 e. The quantitative estimate of drug-likeness (QED) is 0.847. The maximum Gasteiger partial charge on any atom is 0.237 e. The monoisotopic (exact) mass is 254 g/mol. The Morgan fingerprint density at radius 1 is 1.47 bits per heavy atom. The molecule has 1 unspecified atom stereocenters. The van der Waals surface area contributed by atoms with Gasteiger partial charge in [-0.1, -0.05) is 50.1 Å². The number of nitrogens with one attached hydrogen (secondary N) is 1. The second-order valence-corrected chi connectivity index (χ2v) is 4.63. The summed E-state index contributed by atoms with van der Waals surface area (Å²) in [6.45, 7) is 4.41. The van der Waals surface area contributed by atoms with Gasteiger partial charge in [0.1, 0.15) is 0 Å². The lowest BCUT2D eigenvalue weighted by Crippen LogP contribution is -2.44. The molecule has 1 amide bonds. The first-order chi connectivity index (χ1) is 8.06. The molecule has 0 aliphatic rings. The third-order valence-electron chi connectivity index (χ3n) is 2.97. The number of amides is 1. The van der Waals surface area contributed by atoms with Gasteiger partial charge in [-0.3, -0.25) is 4.79 Å². The molecule has 0 aliphatic heterocycles. The summed E-state index contributed by atoms with van der Waals surface area (Å²) in [5.74, 6) is 0.0560. The zero-order chi connectivity index (χ0) is 12.8. The van der Waals surface area contributed by atoms with Gasteiger partial charge in [-0.2, -0.15) is 0 Å². The first kappa shape index (κ1) is 14.0. The second-order valence-electron chi connectivity index (χ2n) is 4.22. The van der Waals surface area contributed by atoms with Crippen LogP contribution < -0.4 is 11.1 Å². The topological polar surface area (TPSA) is 55.1 Å². The van der Waals surface area contributed by atoms with Crippen molar-refractivity contribution in [3.63, 3.8) is 0 Å². The summed E-state index contributed by atoms with van der Waals surface area (Å²) in [5.41, 5.74) is 6.73. The molecular formula is C13H19ClN2O. The summed E-state index contributed by atoms with van der Waals surface area (Å²) >= 11 is 5.99. The van der Waals surface area contributed by atoms with E-state index in [2.05, 4.69) is 5.32 Å². The number of halogens is 1. The van der Waals surface area contributed by atoms with Crippen LogP contribution in [-0.2, 0) is 11.3 Å². The summed E-state index contributed by atoms with van der Waals surface area (Å²) in [5, 5.41) is 3.46. The van der Waals surface area contributed by atoms with Gasteiger partial charge in [-0.15, -0.1) is 0 Å². The maximum absolute atomic E-state index is 11.7. The van der Waals surface area contributed by atoms with Gasteiger partial charge in [-0.25, -0.2) is 0 Å². The minimum absolute atomic E-state index is 0.126. The molecule has 94 valence electrons. The number of hydrogen-bond donors (Lipinski definition) is 2. The van der Waals surface area contributed by atoms with Gasteiger partial charge in [0, 0.05) is 11.6 Å². The highest BCUT2D eigenvalue weighted by molar-refractivity contribution is 6.31. The number of rotatable bonds is 5. The summed E-state index contributed by atoms with van der Waals surface area (Å²) in [4.78, 5) is 11.7. The van der Waals surface area contributed by atoms with E-state index < -0.39 is 6.04 Å². The van der Waals surface area contributed by atoms with E-state index in [9.17, 15) is 4.79 Å². The van der Waals surface area contributed by atoms with Crippen molar-refractivity contribution in [3.8, 4) is 0 Å². The molecule has 0 aliphatic carbocycles. The zero-order valence-electron chi connectivity index (χ0n) is 10.2. The Hall–Kier alpha value is -1.06. The van der Waals surface area contributed by atoms with Gasteiger partial charge < -0.3 is 11.1 Å². The first-order valence-corrected chi connectivity index (χ1v) is 6.20. The molecule has 17 heavy (non-hydrogen) atoms. The molecule has 1 rings (SSSR count). The average molecular weight is 255 g/mol. The molecule has 0 bridgehead atoms. The molecule has 0 saturated carbocycles. The van der Waals surface area contributed by atoms with E-state index in [1.54, 1.807) is 6.07 Å². The smallest absolute Gasteiger partial charge is 0.237 e. The summed E-state index contributed by atoms with van der Waals surface area (Å²) in [6.07, 6.45) is 0.890. The van der Waals surface area contributed by atoms with Crippen molar-refractivity contribution < 1.29 is 4.79 Å². The lowest BCUT2D eigenvalue weighted by Gasteiger charge is -2.17. The fourth-order valence-corrected chi connectivity index (χ4v) is 1.66. The molecule has 1 aromatic rings. The Morgan fingerprint density at radius 2 is 2.12 bits per heavy atom. The van der Waals surface area contributed by atoms with Crippen LogP contribution >= 0.6 is 11.6 Å². The molecule has 0 fully saturated rings. The second kappa shape index (κ2) is 6.62. The van der Waals surface area contributed by atoms with Crippen molar-refractivity contribution in [3.05, 3.63) is 34.9 Å². The normalized spacial score (nSPS) is 14.1. The highest BCUT2D eigenvalue weighted by atomic mass is 35.5. The van der Waals surface area contributed by atoms with E-state index >= 15 is 0 Å². The van der Waals surface area contributed by atoms with E-state index in [0.717, 1.165) is 12.0 Å². The zero-order valence-corrected chi connectivity index (χ0v) is 11.0. The molecular weight excluding hydrogens is 236 g/mol. The van der Waals surface area contributed by atoms with Crippen molar-refractivity contribution in [1.29, 1.82) is 0 Å². The predicted octanol–water partition coefficient (Wildman–Crippen LogP) is 2.33. The summed E-state index contributed by atoms with van der Waals surface area (Å²) in [7, 11) is 0. The number of carbonyl (C=O) groups is 1. The molecule has 0 radical (unpaired) electrons. The lowest BCUT2D eigenvalue weighted by atomic mass is 9.99. The molecule has 0 spiro atoms. The Labute approximate surface area is 107 Å². The van der Waals surface area contributed by atoms with Gasteiger partial charge in [0.15, 0.2) is 0 Å². The SMILES string of the molecule is CCC(C)[C@H](N)C(=O)NCc1ccccc1Cl. The van der Waals surface area contributed by atoms with Crippen LogP contribution in [0.4, 0.5) is 0 Å². The molecule has 4 heteroatoms. The number of benzene rings is 1. The van der Waals surface area contributed by atoms with Crippen molar-refractivity contribution >= 4 is 17.5 Å². The molecule has 3 N–H and O–H groups in total. The van der Waals surface area contributed by atoms with Crippen LogP contribution in [-0.4, -0.2) is 11.9 Å². The molecule has 3 nitrogen and oxygen atoms in total. The van der Waals surface area contributed by atoms with Gasteiger partial charge in [0.2, 0.25) is 5.91 Å². The van der Waals surface area contributed by atoms with Gasteiger partial charge >= 0.3 is 0 Å². The standard InChI is InChI=1S/C13H19ClN2O/c1-3-9(2)12(15)13(17)16-8-10-6-4-5-7-11(10)14/h4-7,9,12H,3,8,15H2,1-2H3,(H,16,17)/t9?,12-/m0/s1. The van der Waals surface area contributed by atoms with E-state index in [0.29, 0.717) is 11.6 Å². The summed E-state index contributed by atoms with van der Waals surface area (Å²) in [6, 6.07) is 6.98. The third kappa shape index (κ3) is 4.02. The van der Waals surface area contributed by atoms with Crippen molar-refractivity contribution in [2.45, 2.75) is 32.9 Å². The Bertz CT molecular complexity index is 381. The Morgan fingerprint density at radius 3 is 2.71 bits per heavy atom. The highest BCUT2D eigenvalue weighted by Crippen LogP contribution is 2.14. The third-order valence-corrected chi connectivity index (χ3v) is 3.34. The van der Waals surface area contributed by atoms with E-state index in [4.69, 9.17) is 17.3 Å². The lowest BCUT2D eigenvalue weighted by molar-refractivity contribution is -0.123. The fraction of sp³-hybridized carbons (Fsp3) is 0.462. The fourth-order valence-electron chi connectivity index (χ4n) is 1.45. The Kier molecular flexibility index (Phi) is 5.45. The largest absolute Gasteiger partial charge is 0.351 e. The molecule has 2 atom stereocenters. The van der Waals surface area contributed by atoms with Crippen LogP contribution in [0, 0.1) is 5.92 Å². The molecule has 0 heterocycles. The van der Waals surface area contributed by atoms with Crippen molar-refractivity contribution in [2.75, 3.05) is 0 Å². The highest BCUT2D eigenvalue weighted by Gasteiger charge is 2.18. The van der Waals surface area contributed by atoms with Crippen LogP contribution in [0.15, 0.2) is 24.3 Å². The molecule has 0 saturated heterocycles. The number of carbonyl (C=O) groups excluding carboxylic acids is 1. The summed E-state index contributed by atoms with van der Waals surface area (Å²) < 4.78 is 0. The van der Waals surface area contributed by atoms with Crippen LogP contribution in [0.2, 0.25) is 5.02 Å². The molecule has 0 aromatic heterocycles. The van der Waals surface area contributed by atoms with Crippen LogP contribution in [0.5, 0.6) is 0 Å². The predicted molar refractivity (Wildman–Crippen MR) is 70.7 cm³/mol. The van der Waals surface area contributed by atoms with E-state index in [1.807, 2.05) is 32.0 Å². The average Bonchev–Trinajstić information content (AvgIpc) is 2.35. The van der Waals surface area contributed by atoms with Gasteiger partial charge in [0.05, 0.1) is 6.04 Å². The van der Waals surface area contributed by atoms with Gasteiger partial charge in [0.25, 0.3) is 0 Å². The van der Waals surface area contributed by atoms with E-state index in [-0.39, 0.29) is 11.8 Å². The van der Waals surface area contributed by atoms with E-state index in [1.165, 1.54) is 0 Å². The first-order valence-electron chi connectivity index (χ1n) is 5.83. The number of nitrogens with two attached hydrogens (primary N) is 1. The maximum atomic E-state index is 11.7. The van der Waals surface area contributed by atoms with Crippen LogP contribution in [0.25, 0.3) is 0 Å². The van der Waals surface area contributed by atoms with Crippen molar-refractivity contribution in [1.82, 2.24) is 5.32 Å². The minimum atomic E-state index is -0.456. The molecule has 1 aromatic carbocycles.